The number of para-hydroxylation sites is 1. The Bertz CT molecular complexity index is 674. The van der Waals surface area contributed by atoms with Gasteiger partial charge in [-0.15, -0.1) is 0 Å². The van der Waals surface area contributed by atoms with Gasteiger partial charge in [0.25, 0.3) is 5.92 Å². The summed E-state index contributed by atoms with van der Waals surface area (Å²) in [6.07, 6.45) is 2.09. The number of anilines is 1. The minimum atomic E-state index is -2.61. The van der Waals surface area contributed by atoms with Crippen molar-refractivity contribution in [3.05, 3.63) is 54.5 Å². The van der Waals surface area contributed by atoms with Crippen LogP contribution in [0.15, 0.2) is 53.1 Å². The SMILES string of the molecule is FC1(F)CCN(Cc2ccco2)C[C@]12CCN(c1ccccc1)C2. The van der Waals surface area contributed by atoms with E-state index in [4.69, 9.17) is 4.42 Å². The van der Waals surface area contributed by atoms with Gasteiger partial charge in [0.05, 0.1) is 18.2 Å². The Labute approximate surface area is 140 Å². The Morgan fingerprint density at radius 1 is 0.958 bits per heavy atom. The van der Waals surface area contributed by atoms with E-state index in [0.29, 0.717) is 39.1 Å². The zero-order valence-corrected chi connectivity index (χ0v) is 13.6. The second-order valence-electron chi connectivity index (χ2n) is 7.03. The fourth-order valence-corrected chi connectivity index (χ4v) is 4.10. The Morgan fingerprint density at radius 2 is 1.79 bits per heavy atom. The Kier molecular flexibility index (Phi) is 3.83. The van der Waals surface area contributed by atoms with Gasteiger partial charge >= 0.3 is 0 Å². The van der Waals surface area contributed by atoms with Gasteiger partial charge in [-0.2, -0.15) is 0 Å². The fourth-order valence-electron chi connectivity index (χ4n) is 4.10. The molecule has 0 amide bonds. The highest BCUT2D eigenvalue weighted by Gasteiger charge is 2.59. The minimum absolute atomic E-state index is 0.0731. The molecule has 0 saturated carbocycles. The van der Waals surface area contributed by atoms with Crippen LogP contribution in [0.25, 0.3) is 0 Å². The minimum Gasteiger partial charge on any atom is -0.468 e. The third kappa shape index (κ3) is 2.71. The first-order valence-electron chi connectivity index (χ1n) is 8.51. The Hall–Kier alpha value is -1.88. The number of piperidine rings is 1. The molecule has 2 saturated heterocycles. The van der Waals surface area contributed by atoms with Gasteiger partial charge in [0, 0.05) is 38.3 Å². The van der Waals surface area contributed by atoms with Gasteiger partial charge in [0.1, 0.15) is 5.76 Å². The van der Waals surface area contributed by atoms with E-state index >= 15 is 0 Å². The molecule has 3 nitrogen and oxygen atoms in total. The summed E-state index contributed by atoms with van der Waals surface area (Å²) in [6, 6.07) is 13.6. The van der Waals surface area contributed by atoms with Crippen molar-refractivity contribution >= 4 is 5.69 Å². The summed E-state index contributed by atoms with van der Waals surface area (Å²) in [5.74, 6) is -1.77. The molecule has 0 unspecified atom stereocenters. The zero-order valence-electron chi connectivity index (χ0n) is 13.6. The van der Waals surface area contributed by atoms with Crippen molar-refractivity contribution in [3.63, 3.8) is 0 Å². The molecule has 1 aromatic heterocycles. The highest BCUT2D eigenvalue weighted by molar-refractivity contribution is 5.47. The standard InChI is InChI=1S/C19H22F2N2O/c20-19(21)9-10-22(13-17-7-4-12-24-17)14-18(19)8-11-23(15-18)16-5-2-1-3-6-16/h1-7,12H,8-11,13-15H2/t18-/m0/s1. The van der Waals surface area contributed by atoms with Crippen molar-refractivity contribution in [2.75, 3.05) is 31.1 Å². The van der Waals surface area contributed by atoms with E-state index < -0.39 is 11.3 Å². The average Bonchev–Trinajstić information content (AvgIpc) is 3.23. The second kappa shape index (κ2) is 5.88. The Morgan fingerprint density at radius 3 is 2.54 bits per heavy atom. The number of alkyl halides is 2. The summed E-state index contributed by atoms with van der Waals surface area (Å²) in [4.78, 5) is 4.22. The van der Waals surface area contributed by atoms with Crippen LogP contribution in [0.2, 0.25) is 0 Å². The summed E-state index contributed by atoms with van der Waals surface area (Å²) >= 11 is 0. The lowest BCUT2D eigenvalue weighted by Crippen LogP contribution is -2.56. The van der Waals surface area contributed by atoms with Crippen molar-refractivity contribution in [1.82, 2.24) is 4.90 Å². The largest absolute Gasteiger partial charge is 0.468 e. The lowest BCUT2D eigenvalue weighted by molar-refractivity contribution is -0.159. The van der Waals surface area contributed by atoms with Gasteiger partial charge in [-0.05, 0) is 30.7 Å². The molecule has 128 valence electrons. The molecule has 0 aliphatic carbocycles. The number of rotatable bonds is 3. The first-order valence-corrected chi connectivity index (χ1v) is 8.51. The first kappa shape index (κ1) is 15.6. The van der Waals surface area contributed by atoms with Crippen LogP contribution in [-0.4, -0.2) is 37.0 Å². The van der Waals surface area contributed by atoms with E-state index in [-0.39, 0.29) is 6.42 Å². The molecule has 2 aliphatic heterocycles. The molecule has 4 rings (SSSR count). The molecule has 1 atom stereocenters. The lowest BCUT2D eigenvalue weighted by atomic mass is 9.75. The van der Waals surface area contributed by atoms with Crippen molar-refractivity contribution in [3.8, 4) is 0 Å². The van der Waals surface area contributed by atoms with Crippen LogP contribution in [0.1, 0.15) is 18.6 Å². The number of halogens is 2. The third-order valence-electron chi connectivity index (χ3n) is 5.48. The second-order valence-corrected chi connectivity index (χ2v) is 7.03. The van der Waals surface area contributed by atoms with Gasteiger partial charge in [-0.1, -0.05) is 18.2 Å². The summed E-state index contributed by atoms with van der Waals surface area (Å²) in [5.41, 5.74) is 0.0709. The van der Waals surface area contributed by atoms with E-state index in [1.807, 2.05) is 42.5 Å². The molecular formula is C19H22F2N2O. The summed E-state index contributed by atoms with van der Waals surface area (Å²) in [5, 5.41) is 0. The predicted octanol–water partition coefficient (Wildman–Crippen LogP) is 4.02. The monoisotopic (exact) mass is 332 g/mol. The third-order valence-corrected chi connectivity index (χ3v) is 5.48. The normalized spacial score (nSPS) is 27.0. The molecule has 3 heterocycles. The van der Waals surface area contributed by atoms with E-state index in [9.17, 15) is 8.78 Å². The molecule has 0 N–H and O–H groups in total. The quantitative estimate of drug-likeness (QED) is 0.846. The van der Waals surface area contributed by atoms with Crippen LogP contribution >= 0.6 is 0 Å². The van der Waals surface area contributed by atoms with Crippen molar-refractivity contribution in [2.24, 2.45) is 5.41 Å². The molecule has 2 fully saturated rings. The smallest absolute Gasteiger partial charge is 0.257 e. The maximum atomic E-state index is 14.8. The fraction of sp³-hybridized carbons (Fsp3) is 0.474. The lowest BCUT2D eigenvalue weighted by Gasteiger charge is -2.45. The van der Waals surface area contributed by atoms with Crippen molar-refractivity contribution in [1.29, 1.82) is 0 Å². The number of furan rings is 1. The topological polar surface area (TPSA) is 19.6 Å². The average molecular weight is 332 g/mol. The van der Waals surface area contributed by atoms with Gasteiger partial charge < -0.3 is 9.32 Å². The van der Waals surface area contributed by atoms with E-state index in [1.165, 1.54) is 0 Å². The number of likely N-dealkylation sites (tertiary alicyclic amines) is 1. The van der Waals surface area contributed by atoms with Crippen LogP contribution in [0.3, 0.4) is 0 Å². The first-order chi connectivity index (χ1) is 11.6. The van der Waals surface area contributed by atoms with Gasteiger partial charge in [0.15, 0.2) is 0 Å². The molecule has 2 aliphatic rings. The molecule has 0 radical (unpaired) electrons. The molecule has 0 bridgehead atoms. The molecule has 24 heavy (non-hydrogen) atoms. The van der Waals surface area contributed by atoms with Gasteiger partial charge in [-0.25, -0.2) is 8.78 Å². The molecule has 1 spiro atoms. The molecule has 5 heteroatoms. The van der Waals surface area contributed by atoms with Crippen LogP contribution in [0.5, 0.6) is 0 Å². The highest BCUT2D eigenvalue weighted by atomic mass is 19.3. The van der Waals surface area contributed by atoms with Gasteiger partial charge in [0.2, 0.25) is 0 Å². The van der Waals surface area contributed by atoms with Crippen LogP contribution in [0, 0.1) is 5.41 Å². The maximum absolute atomic E-state index is 14.8. The molecule has 2 aromatic rings. The van der Waals surface area contributed by atoms with Crippen LogP contribution < -0.4 is 4.90 Å². The van der Waals surface area contributed by atoms with E-state index in [2.05, 4.69) is 9.80 Å². The molecule has 1 aromatic carbocycles. The van der Waals surface area contributed by atoms with Crippen LogP contribution in [0.4, 0.5) is 14.5 Å². The predicted molar refractivity (Wildman–Crippen MR) is 89.3 cm³/mol. The van der Waals surface area contributed by atoms with E-state index in [0.717, 1.165) is 11.4 Å². The summed E-state index contributed by atoms with van der Waals surface area (Å²) < 4.78 is 35.0. The zero-order chi connectivity index (χ0) is 16.6. The number of nitrogens with zero attached hydrogens (tertiary/aromatic N) is 2. The van der Waals surface area contributed by atoms with Crippen LogP contribution in [-0.2, 0) is 6.54 Å². The molecular weight excluding hydrogens is 310 g/mol. The van der Waals surface area contributed by atoms with Gasteiger partial charge in [-0.3, -0.25) is 4.90 Å². The number of benzene rings is 1. The van der Waals surface area contributed by atoms with Crippen molar-refractivity contribution in [2.45, 2.75) is 25.3 Å². The summed E-state index contributed by atoms with van der Waals surface area (Å²) in [7, 11) is 0. The van der Waals surface area contributed by atoms with Crippen molar-refractivity contribution < 1.29 is 13.2 Å². The van der Waals surface area contributed by atoms with E-state index in [1.54, 1.807) is 6.26 Å². The Balaban J connectivity index is 1.53. The highest BCUT2D eigenvalue weighted by Crippen LogP contribution is 2.50. The number of hydrogen-bond donors (Lipinski definition) is 0. The summed E-state index contributed by atoms with van der Waals surface area (Å²) in [6.45, 7) is 2.55. The number of hydrogen-bond acceptors (Lipinski definition) is 3. The maximum Gasteiger partial charge on any atom is 0.257 e.